The number of carbonyl (C=O) groups is 1. The largest absolute Gasteiger partial charge is 0.346 e. The first-order valence-corrected chi connectivity index (χ1v) is 7.77. The lowest BCUT2D eigenvalue weighted by molar-refractivity contribution is -0.117. The quantitative estimate of drug-likeness (QED) is 0.779. The molecule has 22 heavy (non-hydrogen) atoms. The van der Waals surface area contributed by atoms with Gasteiger partial charge >= 0.3 is 0 Å². The minimum absolute atomic E-state index is 0.0305. The third kappa shape index (κ3) is 4.74. The van der Waals surface area contributed by atoms with E-state index in [1.165, 1.54) is 5.56 Å². The smallest absolute Gasteiger partial charge is 0.244 e. The van der Waals surface area contributed by atoms with E-state index in [9.17, 15) is 4.79 Å². The summed E-state index contributed by atoms with van der Waals surface area (Å²) in [4.78, 5) is 12.1. The molecule has 2 nitrogen and oxygen atoms in total. The molecule has 0 aliphatic heterocycles. The zero-order valence-electron chi connectivity index (χ0n) is 12.8. The lowest BCUT2D eigenvalue weighted by Crippen LogP contribution is -2.26. The number of carbonyl (C=O) groups excluding carboxylic acids is 1. The van der Waals surface area contributed by atoms with Gasteiger partial charge in [-0.1, -0.05) is 60.5 Å². The summed E-state index contributed by atoms with van der Waals surface area (Å²) in [6, 6.07) is 15.6. The van der Waals surface area contributed by atoms with E-state index in [1.807, 2.05) is 12.1 Å². The van der Waals surface area contributed by atoms with E-state index in [0.717, 1.165) is 17.5 Å². The highest BCUT2D eigenvalue weighted by molar-refractivity contribution is 6.30. The number of aryl methyl sites for hydroxylation is 1. The maximum atomic E-state index is 12.1. The highest BCUT2D eigenvalue weighted by Crippen LogP contribution is 2.17. The topological polar surface area (TPSA) is 29.1 Å². The van der Waals surface area contributed by atoms with Crippen molar-refractivity contribution in [2.45, 2.75) is 26.3 Å². The van der Waals surface area contributed by atoms with Crippen molar-refractivity contribution in [3.63, 3.8) is 0 Å². The van der Waals surface area contributed by atoms with E-state index >= 15 is 0 Å². The first-order chi connectivity index (χ1) is 10.6. The molecule has 2 aromatic carbocycles. The summed E-state index contributed by atoms with van der Waals surface area (Å²) in [5.74, 6) is -0.0950. The van der Waals surface area contributed by atoms with Gasteiger partial charge < -0.3 is 5.32 Å². The Kier molecular flexibility index (Phi) is 5.79. The van der Waals surface area contributed by atoms with Crippen LogP contribution in [0.1, 0.15) is 36.1 Å². The normalized spacial score (nSPS) is 12.3. The van der Waals surface area contributed by atoms with Crippen molar-refractivity contribution < 1.29 is 4.79 Å². The molecule has 0 saturated heterocycles. The molecule has 2 aromatic rings. The average Bonchev–Trinajstić information content (AvgIpc) is 2.53. The number of rotatable bonds is 5. The first kappa shape index (κ1) is 16.3. The van der Waals surface area contributed by atoms with Gasteiger partial charge in [-0.05, 0) is 42.7 Å². The Morgan fingerprint density at radius 1 is 1.14 bits per heavy atom. The molecule has 1 amide bonds. The van der Waals surface area contributed by atoms with Crippen LogP contribution < -0.4 is 5.32 Å². The molecule has 1 unspecified atom stereocenters. The maximum Gasteiger partial charge on any atom is 0.244 e. The molecule has 0 bridgehead atoms. The van der Waals surface area contributed by atoms with Gasteiger partial charge in [-0.2, -0.15) is 0 Å². The second kappa shape index (κ2) is 7.81. The highest BCUT2D eigenvalue weighted by Gasteiger charge is 2.10. The minimum Gasteiger partial charge on any atom is -0.346 e. The standard InChI is InChI=1S/C19H20ClNO/c1-3-18(16-9-4-14(2)5-10-16)21-19(22)13-8-15-6-11-17(20)12-7-15/h4-13,18H,3H2,1-2H3,(H,21,22). The van der Waals surface area contributed by atoms with Gasteiger partial charge in [0.15, 0.2) is 0 Å². The van der Waals surface area contributed by atoms with E-state index in [1.54, 1.807) is 24.3 Å². The van der Waals surface area contributed by atoms with Gasteiger partial charge in [0.05, 0.1) is 6.04 Å². The zero-order chi connectivity index (χ0) is 15.9. The van der Waals surface area contributed by atoms with E-state index in [2.05, 4.69) is 43.4 Å². The van der Waals surface area contributed by atoms with Crippen LogP contribution in [0.25, 0.3) is 6.08 Å². The predicted octanol–water partition coefficient (Wildman–Crippen LogP) is 4.93. The monoisotopic (exact) mass is 313 g/mol. The molecule has 1 atom stereocenters. The summed E-state index contributed by atoms with van der Waals surface area (Å²) < 4.78 is 0. The molecule has 0 heterocycles. The van der Waals surface area contributed by atoms with Gasteiger partial charge in [0.2, 0.25) is 5.91 Å². The third-order valence-corrected chi connectivity index (χ3v) is 3.75. The van der Waals surface area contributed by atoms with Crippen LogP contribution in [0.4, 0.5) is 0 Å². The Balaban J connectivity index is 2.00. The molecule has 114 valence electrons. The Labute approximate surface area is 136 Å². The van der Waals surface area contributed by atoms with Crippen molar-refractivity contribution >= 4 is 23.6 Å². The summed E-state index contributed by atoms with van der Waals surface area (Å²) in [6.07, 6.45) is 4.19. The fourth-order valence-electron chi connectivity index (χ4n) is 2.19. The van der Waals surface area contributed by atoms with Crippen LogP contribution in [0, 0.1) is 6.92 Å². The zero-order valence-corrected chi connectivity index (χ0v) is 13.6. The van der Waals surface area contributed by atoms with Crippen molar-refractivity contribution in [3.05, 3.63) is 76.3 Å². The Morgan fingerprint density at radius 2 is 1.77 bits per heavy atom. The summed E-state index contributed by atoms with van der Waals surface area (Å²) >= 11 is 5.84. The van der Waals surface area contributed by atoms with Crippen molar-refractivity contribution in [2.24, 2.45) is 0 Å². The van der Waals surface area contributed by atoms with Gasteiger partial charge in [-0.15, -0.1) is 0 Å². The van der Waals surface area contributed by atoms with E-state index in [0.29, 0.717) is 5.02 Å². The lowest BCUT2D eigenvalue weighted by atomic mass is 10.0. The van der Waals surface area contributed by atoms with Crippen molar-refractivity contribution in [1.82, 2.24) is 5.32 Å². The molecule has 1 N–H and O–H groups in total. The van der Waals surface area contributed by atoms with Crippen LogP contribution in [-0.4, -0.2) is 5.91 Å². The summed E-state index contributed by atoms with van der Waals surface area (Å²) in [6.45, 7) is 4.12. The predicted molar refractivity (Wildman–Crippen MR) is 92.8 cm³/mol. The van der Waals surface area contributed by atoms with Crippen LogP contribution in [0.15, 0.2) is 54.6 Å². The Morgan fingerprint density at radius 3 is 2.36 bits per heavy atom. The molecular formula is C19H20ClNO. The fraction of sp³-hybridized carbons (Fsp3) is 0.211. The van der Waals surface area contributed by atoms with Crippen LogP contribution in [-0.2, 0) is 4.79 Å². The second-order valence-corrected chi connectivity index (χ2v) is 5.70. The molecule has 0 spiro atoms. The molecule has 0 saturated carbocycles. The number of amides is 1. The second-order valence-electron chi connectivity index (χ2n) is 5.26. The van der Waals surface area contributed by atoms with Gasteiger partial charge in [-0.3, -0.25) is 4.79 Å². The number of nitrogens with one attached hydrogen (secondary N) is 1. The van der Waals surface area contributed by atoms with Crippen molar-refractivity contribution in [1.29, 1.82) is 0 Å². The van der Waals surface area contributed by atoms with Crippen molar-refractivity contribution in [2.75, 3.05) is 0 Å². The Bertz CT molecular complexity index is 644. The first-order valence-electron chi connectivity index (χ1n) is 7.39. The fourth-order valence-corrected chi connectivity index (χ4v) is 2.31. The number of hydrogen-bond acceptors (Lipinski definition) is 1. The molecule has 0 aliphatic carbocycles. The maximum absolute atomic E-state index is 12.1. The van der Waals surface area contributed by atoms with Crippen LogP contribution in [0.2, 0.25) is 5.02 Å². The van der Waals surface area contributed by atoms with Crippen LogP contribution in [0.5, 0.6) is 0 Å². The Hall–Kier alpha value is -2.06. The van der Waals surface area contributed by atoms with E-state index in [-0.39, 0.29) is 11.9 Å². The summed E-state index contributed by atoms with van der Waals surface area (Å²) in [5.41, 5.74) is 3.29. The molecular weight excluding hydrogens is 294 g/mol. The summed E-state index contributed by atoms with van der Waals surface area (Å²) in [5, 5.41) is 3.72. The molecule has 0 aliphatic rings. The van der Waals surface area contributed by atoms with Gasteiger partial charge in [0.1, 0.15) is 0 Å². The molecule has 0 aromatic heterocycles. The van der Waals surface area contributed by atoms with Gasteiger partial charge in [-0.25, -0.2) is 0 Å². The van der Waals surface area contributed by atoms with Crippen LogP contribution in [0.3, 0.4) is 0 Å². The van der Waals surface area contributed by atoms with Gasteiger partial charge in [0, 0.05) is 11.1 Å². The average molecular weight is 314 g/mol. The highest BCUT2D eigenvalue weighted by atomic mass is 35.5. The minimum atomic E-state index is -0.0950. The SMILES string of the molecule is CCC(NC(=O)C=Cc1ccc(Cl)cc1)c1ccc(C)cc1. The van der Waals surface area contributed by atoms with Gasteiger partial charge in [0.25, 0.3) is 0 Å². The number of benzene rings is 2. The number of hydrogen-bond donors (Lipinski definition) is 1. The van der Waals surface area contributed by atoms with Crippen molar-refractivity contribution in [3.8, 4) is 0 Å². The van der Waals surface area contributed by atoms with E-state index in [4.69, 9.17) is 11.6 Å². The lowest BCUT2D eigenvalue weighted by Gasteiger charge is -2.16. The molecule has 3 heteroatoms. The third-order valence-electron chi connectivity index (χ3n) is 3.50. The van der Waals surface area contributed by atoms with Crippen LogP contribution >= 0.6 is 11.6 Å². The molecule has 0 fully saturated rings. The number of halogens is 1. The molecule has 2 rings (SSSR count). The summed E-state index contributed by atoms with van der Waals surface area (Å²) in [7, 11) is 0. The van der Waals surface area contributed by atoms with E-state index < -0.39 is 0 Å². The molecule has 0 radical (unpaired) electrons.